The summed E-state index contributed by atoms with van der Waals surface area (Å²) in [7, 11) is 0. The van der Waals surface area contributed by atoms with Gasteiger partial charge in [0, 0.05) is 18.2 Å². The van der Waals surface area contributed by atoms with Crippen LogP contribution in [0.3, 0.4) is 0 Å². The Morgan fingerprint density at radius 3 is 2.76 bits per heavy atom. The van der Waals surface area contributed by atoms with Gasteiger partial charge in [0.1, 0.15) is 0 Å². The van der Waals surface area contributed by atoms with Crippen LogP contribution < -0.4 is 5.32 Å². The highest BCUT2D eigenvalue weighted by Crippen LogP contribution is 2.35. The van der Waals surface area contributed by atoms with Crippen molar-refractivity contribution in [2.75, 3.05) is 6.54 Å². The van der Waals surface area contributed by atoms with Crippen LogP contribution in [-0.2, 0) is 6.54 Å². The van der Waals surface area contributed by atoms with E-state index in [0.717, 1.165) is 30.7 Å². The molecule has 25 heavy (non-hydrogen) atoms. The number of rotatable bonds is 4. The van der Waals surface area contributed by atoms with Gasteiger partial charge < -0.3 is 14.6 Å². The SMILES string of the molecule is O=C(NCc1ncc(-c2ccccc2)o1)N1CCCC1C1CCCC1. The molecule has 2 aliphatic rings. The Kier molecular flexibility index (Phi) is 4.72. The average Bonchev–Trinajstić information content (AvgIpc) is 3.41. The summed E-state index contributed by atoms with van der Waals surface area (Å²) in [5.74, 6) is 1.97. The molecule has 1 N–H and O–H groups in total. The zero-order valence-corrected chi connectivity index (χ0v) is 14.5. The molecule has 2 heterocycles. The molecule has 1 aromatic carbocycles. The molecule has 0 bridgehead atoms. The highest BCUT2D eigenvalue weighted by atomic mass is 16.4. The fourth-order valence-electron chi connectivity index (χ4n) is 4.26. The second kappa shape index (κ2) is 7.30. The lowest BCUT2D eigenvalue weighted by Gasteiger charge is -2.29. The third-order valence-electron chi connectivity index (χ3n) is 5.51. The van der Waals surface area contributed by atoms with Gasteiger partial charge in [-0.05, 0) is 31.6 Å². The molecule has 1 unspecified atom stereocenters. The van der Waals surface area contributed by atoms with Gasteiger partial charge in [0.25, 0.3) is 0 Å². The summed E-state index contributed by atoms with van der Waals surface area (Å²) in [6.45, 7) is 1.20. The van der Waals surface area contributed by atoms with Crippen LogP contribution in [0.5, 0.6) is 0 Å². The number of hydrogen-bond acceptors (Lipinski definition) is 3. The van der Waals surface area contributed by atoms with Gasteiger partial charge in [-0.15, -0.1) is 0 Å². The minimum Gasteiger partial charge on any atom is -0.439 e. The molecule has 1 aromatic heterocycles. The Labute approximate surface area is 148 Å². The van der Waals surface area contributed by atoms with Gasteiger partial charge in [-0.1, -0.05) is 43.2 Å². The van der Waals surface area contributed by atoms with Crippen LogP contribution in [0.4, 0.5) is 4.79 Å². The summed E-state index contributed by atoms with van der Waals surface area (Å²) >= 11 is 0. The molecule has 1 aliphatic heterocycles. The molecule has 0 spiro atoms. The number of urea groups is 1. The third kappa shape index (κ3) is 3.55. The number of nitrogens with one attached hydrogen (secondary N) is 1. The lowest BCUT2D eigenvalue weighted by atomic mass is 9.96. The van der Waals surface area contributed by atoms with Crippen molar-refractivity contribution in [1.82, 2.24) is 15.2 Å². The Bertz CT molecular complexity index is 707. The maximum atomic E-state index is 12.6. The van der Waals surface area contributed by atoms with Crippen molar-refractivity contribution in [2.24, 2.45) is 5.92 Å². The predicted octanol–water partition coefficient (Wildman–Crippen LogP) is 4.21. The number of carbonyl (C=O) groups excluding carboxylic acids is 1. The van der Waals surface area contributed by atoms with Gasteiger partial charge in [-0.25, -0.2) is 9.78 Å². The molecule has 1 atom stereocenters. The van der Waals surface area contributed by atoms with Crippen LogP contribution in [0.25, 0.3) is 11.3 Å². The van der Waals surface area contributed by atoms with Crippen LogP contribution >= 0.6 is 0 Å². The quantitative estimate of drug-likeness (QED) is 0.908. The summed E-state index contributed by atoms with van der Waals surface area (Å²) in [4.78, 5) is 18.9. The van der Waals surface area contributed by atoms with Crippen LogP contribution in [0, 0.1) is 5.92 Å². The number of oxazole rings is 1. The lowest BCUT2D eigenvalue weighted by molar-refractivity contribution is 0.171. The summed E-state index contributed by atoms with van der Waals surface area (Å²) in [6, 6.07) is 10.3. The van der Waals surface area contributed by atoms with Crippen molar-refractivity contribution in [3.63, 3.8) is 0 Å². The zero-order chi connectivity index (χ0) is 17.1. The first-order chi connectivity index (χ1) is 12.3. The number of aromatic nitrogens is 1. The highest BCUT2D eigenvalue weighted by Gasteiger charge is 2.35. The predicted molar refractivity (Wildman–Crippen MR) is 95.9 cm³/mol. The largest absolute Gasteiger partial charge is 0.439 e. The lowest BCUT2D eigenvalue weighted by Crippen LogP contribution is -2.45. The Morgan fingerprint density at radius 2 is 1.96 bits per heavy atom. The topological polar surface area (TPSA) is 58.4 Å². The normalized spacial score (nSPS) is 21.0. The van der Waals surface area contributed by atoms with Crippen molar-refractivity contribution >= 4 is 6.03 Å². The van der Waals surface area contributed by atoms with Gasteiger partial charge in [0.2, 0.25) is 5.89 Å². The molecular formula is C20H25N3O2. The first-order valence-corrected chi connectivity index (χ1v) is 9.36. The molecule has 1 saturated heterocycles. The van der Waals surface area contributed by atoms with E-state index in [2.05, 4.69) is 10.3 Å². The second-order valence-electron chi connectivity index (χ2n) is 7.09. The van der Waals surface area contributed by atoms with E-state index in [1.807, 2.05) is 35.2 Å². The molecule has 4 rings (SSSR count). The monoisotopic (exact) mass is 339 g/mol. The molecule has 2 amide bonds. The van der Waals surface area contributed by atoms with Crippen LogP contribution in [0.2, 0.25) is 0 Å². The van der Waals surface area contributed by atoms with E-state index in [-0.39, 0.29) is 6.03 Å². The summed E-state index contributed by atoms with van der Waals surface area (Å²) in [5.41, 5.74) is 0.994. The molecule has 2 fully saturated rings. The first kappa shape index (κ1) is 16.2. The van der Waals surface area contributed by atoms with Crippen LogP contribution in [0.1, 0.15) is 44.4 Å². The Hall–Kier alpha value is -2.30. The van der Waals surface area contributed by atoms with E-state index in [1.165, 1.54) is 25.7 Å². The van der Waals surface area contributed by atoms with Crippen molar-refractivity contribution < 1.29 is 9.21 Å². The standard InChI is InChI=1S/C20H25N3O2/c24-20(23-12-6-11-17(23)15-7-4-5-8-15)22-14-19-21-13-18(25-19)16-9-2-1-3-10-16/h1-3,9-10,13,15,17H,4-8,11-12,14H2,(H,22,24). The number of amides is 2. The van der Waals surface area contributed by atoms with E-state index >= 15 is 0 Å². The van der Waals surface area contributed by atoms with E-state index in [4.69, 9.17) is 4.42 Å². The molecule has 1 saturated carbocycles. The molecule has 2 aromatic rings. The zero-order valence-electron chi connectivity index (χ0n) is 14.5. The third-order valence-corrected chi connectivity index (χ3v) is 5.51. The number of hydrogen-bond donors (Lipinski definition) is 1. The van der Waals surface area contributed by atoms with E-state index in [9.17, 15) is 4.79 Å². The van der Waals surface area contributed by atoms with Crippen molar-refractivity contribution in [3.8, 4) is 11.3 Å². The molecular weight excluding hydrogens is 314 g/mol. The fraction of sp³-hybridized carbons (Fsp3) is 0.500. The molecule has 5 nitrogen and oxygen atoms in total. The van der Waals surface area contributed by atoms with E-state index in [0.29, 0.717) is 24.4 Å². The average molecular weight is 339 g/mol. The maximum absolute atomic E-state index is 12.6. The van der Waals surface area contributed by atoms with Crippen molar-refractivity contribution in [1.29, 1.82) is 0 Å². The van der Waals surface area contributed by atoms with Gasteiger partial charge in [-0.3, -0.25) is 0 Å². The van der Waals surface area contributed by atoms with Crippen LogP contribution in [-0.4, -0.2) is 28.5 Å². The fourth-order valence-corrected chi connectivity index (χ4v) is 4.26. The second-order valence-corrected chi connectivity index (χ2v) is 7.09. The van der Waals surface area contributed by atoms with Crippen molar-refractivity contribution in [2.45, 2.75) is 51.1 Å². The van der Waals surface area contributed by atoms with Crippen molar-refractivity contribution in [3.05, 3.63) is 42.4 Å². The van der Waals surface area contributed by atoms with E-state index in [1.54, 1.807) is 6.20 Å². The number of benzene rings is 1. The van der Waals surface area contributed by atoms with Gasteiger partial charge in [-0.2, -0.15) is 0 Å². The van der Waals surface area contributed by atoms with E-state index < -0.39 is 0 Å². The summed E-state index contributed by atoms with van der Waals surface area (Å²) in [5, 5.41) is 2.99. The Balaban J connectivity index is 1.35. The number of carbonyl (C=O) groups is 1. The van der Waals surface area contributed by atoms with Crippen LogP contribution in [0.15, 0.2) is 40.9 Å². The minimum absolute atomic E-state index is 0.0221. The minimum atomic E-state index is 0.0221. The molecule has 1 aliphatic carbocycles. The van der Waals surface area contributed by atoms with Gasteiger partial charge in [0.05, 0.1) is 12.7 Å². The van der Waals surface area contributed by atoms with Gasteiger partial charge >= 0.3 is 6.03 Å². The first-order valence-electron chi connectivity index (χ1n) is 9.36. The molecule has 0 radical (unpaired) electrons. The summed E-state index contributed by atoms with van der Waals surface area (Å²) in [6.07, 6.45) is 9.16. The maximum Gasteiger partial charge on any atom is 0.318 e. The smallest absolute Gasteiger partial charge is 0.318 e. The summed E-state index contributed by atoms with van der Waals surface area (Å²) < 4.78 is 5.77. The molecule has 5 heteroatoms. The number of nitrogens with zero attached hydrogens (tertiary/aromatic N) is 2. The highest BCUT2D eigenvalue weighted by molar-refractivity contribution is 5.74. The molecule has 132 valence electrons. The van der Waals surface area contributed by atoms with Gasteiger partial charge in [0.15, 0.2) is 5.76 Å². The number of likely N-dealkylation sites (tertiary alicyclic amines) is 1. The Morgan fingerprint density at radius 1 is 1.16 bits per heavy atom.